The SMILES string of the molecule is O=C1NC(=S)S/C1=C\c1cc(-c2ccc3cc[nH]c3c2)cs1. The third-order valence-corrected chi connectivity index (χ3v) is 5.47. The van der Waals surface area contributed by atoms with Gasteiger partial charge in [-0.15, -0.1) is 11.3 Å². The number of carbonyl (C=O) groups excluding carboxylic acids is 1. The molecular formula is C16H10N2OS3. The summed E-state index contributed by atoms with van der Waals surface area (Å²) in [6, 6.07) is 10.5. The van der Waals surface area contributed by atoms with Crippen LogP contribution in [0, 0.1) is 0 Å². The number of benzene rings is 1. The Morgan fingerprint density at radius 3 is 2.86 bits per heavy atom. The van der Waals surface area contributed by atoms with Crippen molar-refractivity contribution in [2.75, 3.05) is 0 Å². The molecule has 4 rings (SSSR count). The number of H-pyrrole nitrogens is 1. The summed E-state index contributed by atoms with van der Waals surface area (Å²) in [6.45, 7) is 0. The number of aromatic amines is 1. The minimum atomic E-state index is -0.113. The van der Waals surface area contributed by atoms with Crippen molar-refractivity contribution in [1.29, 1.82) is 0 Å². The number of carbonyl (C=O) groups is 1. The molecule has 22 heavy (non-hydrogen) atoms. The third-order valence-electron chi connectivity index (χ3n) is 3.42. The third kappa shape index (κ3) is 2.49. The second-order valence-electron chi connectivity index (χ2n) is 4.87. The molecule has 0 atom stereocenters. The molecule has 1 aromatic carbocycles. The Morgan fingerprint density at radius 1 is 1.14 bits per heavy atom. The van der Waals surface area contributed by atoms with Gasteiger partial charge in [0.15, 0.2) is 0 Å². The lowest BCUT2D eigenvalue weighted by molar-refractivity contribution is -0.115. The molecule has 2 N–H and O–H groups in total. The highest BCUT2D eigenvalue weighted by atomic mass is 32.2. The van der Waals surface area contributed by atoms with Crippen LogP contribution in [-0.2, 0) is 4.79 Å². The number of thiocarbonyl (C=S) groups is 1. The summed E-state index contributed by atoms with van der Waals surface area (Å²) >= 11 is 7.93. The first-order valence-corrected chi connectivity index (χ1v) is 8.70. The number of amides is 1. The molecule has 0 aliphatic carbocycles. The summed E-state index contributed by atoms with van der Waals surface area (Å²) in [5.74, 6) is -0.113. The maximum Gasteiger partial charge on any atom is 0.263 e. The number of nitrogens with one attached hydrogen (secondary N) is 2. The summed E-state index contributed by atoms with van der Waals surface area (Å²) in [5.41, 5.74) is 3.44. The zero-order valence-electron chi connectivity index (χ0n) is 11.3. The van der Waals surface area contributed by atoms with E-state index in [1.165, 1.54) is 17.1 Å². The number of hydrogen-bond donors (Lipinski definition) is 2. The van der Waals surface area contributed by atoms with E-state index in [1.54, 1.807) is 11.3 Å². The first-order valence-electron chi connectivity index (χ1n) is 6.60. The summed E-state index contributed by atoms with van der Waals surface area (Å²) in [5, 5.41) is 5.94. The van der Waals surface area contributed by atoms with Gasteiger partial charge in [-0.25, -0.2) is 0 Å². The summed E-state index contributed by atoms with van der Waals surface area (Å²) in [7, 11) is 0. The van der Waals surface area contributed by atoms with E-state index in [1.807, 2.05) is 12.3 Å². The number of rotatable bonds is 2. The van der Waals surface area contributed by atoms with Crippen LogP contribution in [0.2, 0.25) is 0 Å². The molecule has 1 fully saturated rings. The van der Waals surface area contributed by atoms with Crippen LogP contribution in [0.5, 0.6) is 0 Å². The number of thioether (sulfide) groups is 1. The Bertz CT molecular complexity index is 936. The van der Waals surface area contributed by atoms with Crippen molar-refractivity contribution in [3.63, 3.8) is 0 Å². The van der Waals surface area contributed by atoms with Gasteiger partial charge in [-0.1, -0.05) is 36.1 Å². The summed E-state index contributed by atoms with van der Waals surface area (Å²) in [6.07, 6.45) is 3.83. The topological polar surface area (TPSA) is 44.9 Å². The smallest absolute Gasteiger partial charge is 0.263 e. The summed E-state index contributed by atoms with van der Waals surface area (Å²) in [4.78, 5) is 16.6. The lowest BCUT2D eigenvalue weighted by Crippen LogP contribution is -2.17. The molecule has 1 amide bonds. The van der Waals surface area contributed by atoms with Crippen molar-refractivity contribution in [3.8, 4) is 11.1 Å². The van der Waals surface area contributed by atoms with Gasteiger partial charge in [-0.05, 0) is 46.2 Å². The van der Waals surface area contributed by atoms with Gasteiger partial charge in [0.1, 0.15) is 4.32 Å². The second-order valence-corrected chi connectivity index (χ2v) is 7.53. The van der Waals surface area contributed by atoms with Gasteiger partial charge < -0.3 is 10.3 Å². The first-order chi connectivity index (χ1) is 10.7. The molecule has 0 spiro atoms. The number of fused-ring (bicyclic) bond motifs is 1. The molecular weight excluding hydrogens is 332 g/mol. The van der Waals surface area contributed by atoms with Crippen molar-refractivity contribution >= 4 is 62.5 Å². The van der Waals surface area contributed by atoms with Crippen LogP contribution in [0.25, 0.3) is 28.1 Å². The fourth-order valence-corrected chi connectivity index (χ4v) is 4.32. The average molecular weight is 342 g/mol. The van der Waals surface area contributed by atoms with Crippen molar-refractivity contribution in [1.82, 2.24) is 10.3 Å². The molecule has 108 valence electrons. The fourth-order valence-electron chi connectivity index (χ4n) is 2.36. The van der Waals surface area contributed by atoms with E-state index in [2.05, 4.69) is 46.0 Å². The van der Waals surface area contributed by atoms with Crippen molar-refractivity contribution < 1.29 is 4.79 Å². The molecule has 0 unspecified atom stereocenters. The molecule has 2 aromatic heterocycles. The Labute approximate surface area is 140 Å². The minimum Gasteiger partial charge on any atom is -0.361 e. The number of hydrogen-bond acceptors (Lipinski definition) is 4. The predicted molar refractivity (Wildman–Crippen MR) is 97.9 cm³/mol. The van der Waals surface area contributed by atoms with Gasteiger partial charge in [0.2, 0.25) is 0 Å². The second kappa shape index (κ2) is 5.39. The van der Waals surface area contributed by atoms with Crippen molar-refractivity contribution in [2.45, 2.75) is 0 Å². The molecule has 0 radical (unpaired) electrons. The highest BCUT2D eigenvalue weighted by Gasteiger charge is 2.22. The van der Waals surface area contributed by atoms with Gasteiger partial charge in [0, 0.05) is 16.6 Å². The highest BCUT2D eigenvalue weighted by molar-refractivity contribution is 8.26. The molecule has 1 aliphatic rings. The first kappa shape index (κ1) is 13.8. The Kier molecular flexibility index (Phi) is 3.37. The molecule has 6 heteroatoms. The molecule has 0 bridgehead atoms. The van der Waals surface area contributed by atoms with Crippen LogP contribution in [0.4, 0.5) is 0 Å². The molecule has 3 aromatic rings. The normalized spacial score (nSPS) is 16.6. The van der Waals surface area contributed by atoms with Crippen LogP contribution in [0.3, 0.4) is 0 Å². The van der Waals surface area contributed by atoms with E-state index in [0.29, 0.717) is 9.23 Å². The monoisotopic (exact) mass is 342 g/mol. The lowest BCUT2D eigenvalue weighted by Gasteiger charge is -1.98. The fraction of sp³-hybridized carbons (Fsp3) is 0. The molecule has 3 nitrogen and oxygen atoms in total. The summed E-state index contributed by atoms with van der Waals surface area (Å²) < 4.78 is 0.519. The predicted octanol–water partition coefficient (Wildman–Crippen LogP) is 4.39. The van der Waals surface area contributed by atoms with E-state index >= 15 is 0 Å². The highest BCUT2D eigenvalue weighted by Crippen LogP contribution is 2.32. The van der Waals surface area contributed by atoms with Crippen LogP contribution < -0.4 is 5.32 Å². The molecule has 3 heterocycles. The van der Waals surface area contributed by atoms with E-state index in [-0.39, 0.29) is 5.91 Å². The molecule has 1 saturated heterocycles. The molecule has 0 saturated carbocycles. The van der Waals surface area contributed by atoms with Gasteiger partial charge >= 0.3 is 0 Å². The standard InChI is InChI=1S/C16H10N2OS3/c19-15-14(22-16(20)18-15)7-12-5-11(8-21-12)10-2-1-9-3-4-17-13(9)6-10/h1-8,17H,(H,18,19,20)/b14-7-. The van der Waals surface area contributed by atoms with Gasteiger partial charge in [0.05, 0.1) is 4.91 Å². The van der Waals surface area contributed by atoms with Crippen LogP contribution in [0.15, 0.2) is 46.8 Å². The Balaban J connectivity index is 1.67. The van der Waals surface area contributed by atoms with Crippen molar-refractivity contribution in [2.24, 2.45) is 0 Å². The Hall–Kier alpha value is -1.89. The van der Waals surface area contributed by atoms with E-state index in [4.69, 9.17) is 12.2 Å². The minimum absolute atomic E-state index is 0.113. The van der Waals surface area contributed by atoms with E-state index < -0.39 is 0 Å². The van der Waals surface area contributed by atoms with Gasteiger partial charge in [-0.2, -0.15) is 0 Å². The molecule has 1 aliphatic heterocycles. The zero-order chi connectivity index (χ0) is 15.1. The van der Waals surface area contributed by atoms with E-state index in [0.717, 1.165) is 21.5 Å². The van der Waals surface area contributed by atoms with E-state index in [9.17, 15) is 4.79 Å². The lowest BCUT2D eigenvalue weighted by atomic mass is 10.1. The number of thiophene rings is 1. The van der Waals surface area contributed by atoms with Gasteiger partial charge in [-0.3, -0.25) is 4.79 Å². The Morgan fingerprint density at radius 2 is 2.05 bits per heavy atom. The maximum atomic E-state index is 11.7. The van der Waals surface area contributed by atoms with Crippen LogP contribution >= 0.6 is 35.3 Å². The maximum absolute atomic E-state index is 11.7. The quantitative estimate of drug-likeness (QED) is 0.536. The van der Waals surface area contributed by atoms with Crippen molar-refractivity contribution in [3.05, 3.63) is 51.7 Å². The van der Waals surface area contributed by atoms with Crippen LogP contribution in [0.1, 0.15) is 4.88 Å². The zero-order valence-corrected chi connectivity index (χ0v) is 13.7. The van der Waals surface area contributed by atoms with Crippen LogP contribution in [-0.4, -0.2) is 15.2 Å². The number of aromatic nitrogens is 1. The largest absolute Gasteiger partial charge is 0.361 e. The van der Waals surface area contributed by atoms with Gasteiger partial charge in [0.25, 0.3) is 5.91 Å². The average Bonchev–Trinajstić information content (AvgIpc) is 3.19.